The smallest absolute Gasteiger partial charge is 0.0796 e. The highest BCUT2D eigenvalue weighted by molar-refractivity contribution is 5.49. The van der Waals surface area contributed by atoms with E-state index < -0.39 is 0 Å². The van der Waals surface area contributed by atoms with Crippen molar-refractivity contribution in [2.75, 3.05) is 25.5 Å². The molecular weight excluding hydrogens is 164 g/mol. The maximum absolute atomic E-state index is 4.36. The van der Waals surface area contributed by atoms with Crippen LogP contribution in [0, 0.1) is 0 Å². The molecule has 0 fully saturated rings. The third-order valence-electron chi connectivity index (χ3n) is 2.53. The minimum atomic E-state index is 0.411. The van der Waals surface area contributed by atoms with Crippen molar-refractivity contribution < 1.29 is 0 Å². The normalized spacial score (nSPS) is 21.3. The highest BCUT2D eigenvalue weighted by atomic mass is 15.3. The highest BCUT2D eigenvalue weighted by Gasteiger charge is 2.21. The van der Waals surface area contributed by atoms with Gasteiger partial charge in [-0.2, -0.15) is 5.10 Å². The van der Waals surface area contributed by atoms with E-state index in [9.17, 15) is 0 Å². The predicted molar refractivity (Wildman–Crippen MR) is 53.0 cm³/mol. The standard InChI is InChI=1S/C9H16N4/c1-7-9-8(12(2)3)6-11-13(9)5-4-10-7/h6-7,10H,4-5H2,1-3H3. The Morgan fingerprint density at radius 1 is 1.62 bits per heavy atom. The maximum atomic E-state index is 4.36. The van der Waals surface area contributed by atoms with Crippen molar-refractivity contribution in [3.05, 3.63) is 11.9 Å². The highest BCUT2D eigenvalue weighted by Crippen LogP contribution is 2.26. The fraction of sp³-hybridized carbons (Fsp3) is 0.667. The van der Waals surface area contributed by atoms with Crippen molar-refractivity contribution in [2.45, 2.75) is 19.5 Å². The van der Waals surface area contributed by atoms with Gasteiger partial charge < -0.3 is 10.2 Å². The number of nitrogens with zero attached hydrogens (tertiary/aromatic N) is 3. The van der Waals surface area contributed by atoms with Crippen molar-refractivity contribution >= 4 is 5.69 Å². The van der Waals surface area contributed by atoms with Crippen LogP contribution in [0.2, 0.25) is 0 Å². The van der Waals surface area contributed by atoms with Gasteiger partial charge in [0.15, 0.2) is 0 Å². The summed E-state index contributed by atoms with van der Waals surface area (Å²) in [4.78, 5) is 2.11. The van der Waals surface area contributed by atoms with Crippen LogP contribution in [-0.2, 0) is 6.54 Å². The maximum Gasteiger partial charge on any atom is 0.0796 e. The van der Waals surface area contributed by atoms with Gasteiger partial charge in [-0.3, -0.25) is 4.68 Å². The third-order valence-corrected chi connectivity index (χ3v) is 2.53. The number of rotatable bonds is 1. The lowest BCUT2D eigenvalue weighted by atomic mass is 10.1. The molecule has 1 aromatic heterocycles. The molecule has 13 heavy (non-hydrogen) atoms. The van der Waals surface area contributed by atoms with Gasteiger partial charge in [-0.15, -0.1) is 0 Å². The van der Waals surface area contributed by atoms with E-state index in [1.807, 2.05) is 6.20 Å². The molecule has 1 aliphatic rings. The van der Waals surface area contributed by atoms with Gasteiger partial charge in [0.25, 0.3) is 0 Å². The summed E-state index contributed by atoms with van der Waals surface area (Å²) in [5, 5.41) is 7.80. The fourth-order valence-corrected chi connectivity index (χ4v) is 1.84. The summed E-state index contributed by atoms with van der Waals surface area (Å²) in [6.45, 7) is 4.18. The Morgan fingerprint density at radius 3 is 3.08 bits per heavy atom. The first-order valence-electron chi connectivity index (χ1n) is 4.66. The summed E-state index contributed by atoms with van der Waals surface area (Å²) >= 11 is 0. The zero-order chi connectivity index (χ0) is 9.42. The van der Waals surface area contributed by atoms with Gasteiger partial charge in [0.2, 0.25) is 0 Å². The largest absolute Gasteiger partial charge is 0.375 e. The van der Waals surface area contributed by atoms with Crippen molar-refractivity contribution in [1.29, 1.82) is 0 Å². The number of hydrogen-bond acceptors (Lipinski definition) is 3. The number of fused-ring (bicyclic) bond motifs is 1. The number of anilines is 1. The Labute approximate surface area is 78.5 Å². The molecule has 0 bridgehead atoms. The Morgan fingerprint density at radius 2 is 2.38 bits per heavy atom. The zero-order valence-electron chi connectivity index (χ0n) is 8.41. The first kappa shape index (κ1) is 8.56. The van der Waals surface area contributed by atoms with Gasteiger partial charge in [0, 0.05) is 26.7 Å². The SMILES string of the molecule is CC1NCCn2ncc(N(C)C)c21. The number of hydrogen-bond donors (Lipinski definition) is 1. The molecule has 4 nitrogen and oxygen atoms in total. The Balaban J connectivity index is 2.44. The van der Waals surface area contributed by atoms with Gasteiger partial charge in [-0.25, -0.2) is 0 Å². The summed E-state index contributed by atoms with van der Waals surface area (Å²) in [6.07, 6.45) is 1.94. The lowest BCUT2D eigenvalue weighted by Gasteiger charge is -2.24. The van der Waals surface area contributed by atoms with Crippen LogP contribution in [-0.4, -0.2) is 30.4 Å². The molecule has 0 aliphatic carbocycles. The second-order valence-corrected chi connectivity index (χ2v) is 3.71. The van der Waals surface area contributed by atoms with E-state index in [4.69, 9.17) is 0 Å². The van der Waals surface area contributed by atoms with Gasteiger partial charge in [0.1, 0.15) is 0 Å². The zero-order valence-corrected chi connectivity index (χ0v) is 8.41. The molecule has 1 aliphatic heterocycles. The van der Waals surface area contributed by atoms with E-state index in [0.717, 1.165) is 13.1 Å². The summed E-state index contributed by atoms with van der Waals surface area (Å²) in [5.41, 5.74) is 2.52. The third kappa shape index (κ3) is 1.31. The molecule has 2 rings (SSSR count). The van der Waals surface area contributed by atoms with E-state index in [1.54, 1.807) is 0 Å². The second-order valence-electron chi connectivity index (χ2n) is 3.71. The van der Waals surface area contributed by atoms with E-state index in [1.165, 1.54) is 11.4 Å². The van der Waals surface area contributed by atoms with Crippen LogP contribution in [0.15, 0.2) is 6.20 Å². The average molecular weight is 180 g/mol. The molecule has 0 aromatic carbocycles. The van der Waals surface area contributed by atoms with Gasteiger partial charge in [-0.05, 0) is 6.92 Å². The Hall–Kier alpha value is -1.03. The van der Waals surface area contributed by atoms with Crippen molar-refractivity contribution in [1.82, 2.24) is 15.1 Å². The van der Waals surface area contributed by atoms with Crippen LogP contribution in [0.4, 0.5) is 5.69 Å². The molecule has 1 N–H and O–H groups in total. The molecule has 72 valence electrons. The first-order chi connectivity index (χ1) is 6.20. The molecule has 1 unspecified atom stereocenters. The molecule has 0 amide bonds. The fourth-order valence-electron chi connectivity index (χ4n) is 1.84. The Bertz CT molecular complexity index is 303. The first-order valence-corrected chi connectivity index (χ1v) is 4.66. The quantitative estimate of drug-likeness (QED) is 0.687. The van der Waals surface area contributed by atoms with E-state index in [0.29, 0.717) is 6.04 Å². The molecule has 1 aromatic rings. The monoisotopic (exact) mass is 180 g/mol. The average Bonchev–Trinajstić information content (AvgIpc) is 2.49. The summed E-state index contributed by atoms with van der Waals surface area (Å²) in [7, 11) is 4.11. The topological polar surface area (TPSA) is 33.1 Å². The van der Waals surface area contributed by atoms with Crippen LogP contribution < -0.4 is 10.2 Å². The van der Waals surface area contributed by atoms with Crippen molar-refractivity contribution in [3.63, 3.8) is 0 Å². The summed E-state index contributed by atoms with van der Waals surface area (Å²) in [6, 6.07) is 0.411. The molecule has 0 saturated heterocycles. The second kappa shape index (κ2) is 3.03. The molecule has 0 radical (unpaired) electrons. The van der Waals surface area contributed by atoms with Crippen LogP contribution in [0.25, 0.3) is 0 Å². The molecular formula is C9H16N4. The molecule has 0 saturated carbocycles. The van der Waals surface area contributed by atoms with Gasteiger partial charge in [-0.1, -0.05) is 0 Å². The lowest BCUT2D eigenvalue weighted by molar-refractivity contribution is 0.420. The number of aromatic nitrogens is 2. The van der Waals surface area contributed by atoms with E-state index >= 15 is 0 Å². The molecule has 0 spiro atoms. The minimum absolute atomic E-state index is 0.411. The van der Waals surface area contributed by atoms with Crippen LogP contribution >= 0.6 is 0 Å². The minimum Gasteiger partial charge on any atom is -0.375 e. The van der Waals surface area contributed by atoms with Crippen LogP contribution in [0.3, 0.4) is 0 Å². The van der Waals surface area contributed by atoms with Gasteiger partial charge in [0.05, 0.1) is 24.1 Å². The molecule has 1 atom stereocenters. The molecule has 4 heteroatoms. The van der Waals surface area contributed by atoms with E-state index in [2.05, 4.69) is 41.0 Å². The van der Waals surface area contributed by atoms with Crippen molar-refractivity contribution in [2.24, 2.45) is 0 Å². The van der Waals surface area contributed by atoms with Crippen LogP contribution in [0.1, 0.15) is 18.7 Å². The molecule has 2 heterocycles. The summed E-state index contributed by atoms with van der Waals surface area (Å²) in [5.74, 6) is 0. The lowest BCUT2D eigenvalue weighted by Crippen LogP contribution is -2.32. The van der Waals surface area contributed by atoms with Gasteiger partial charge >= 0.3 is 0 Å². The van der Waals surface area contributed by atoms with E-state index in [-0.39, 0.29) is 0 Å². The van der Waals surface area contributed by atoms with Crippen LogP contribution in [0.5, 0.6) is 0 Å². The number of nitrogens with one attached hydrogen (secondary N) is 1. The van der Waals surface area contributed by atoms with Crippen molar-refractivity contribution in [3.8, 4) is 0 Å². The summed E-state index contributed by atoms with van der Waals surface area (Å²) < 4.78 is 2.09. The predicted octanol–water partition coefficient (Wildman–Crippen LogP) is 0.613. The Kier molecular flexibility index (Phi) is 2.00.